The number of fused-ring (bicyclic) bond motifs is 2. The normalized spacial score (nSPS) is 14.2. The molecule has 0 unspecified atom stereocenters. The van der Waals surface area contributed by atoms with E-state index in [-0.39, 0.29) is 12.2 Å². The summed E-state index contributed by atoms with van der Waals surface area (Å²) >= 11 is 1.60. The van der Waals surface area contributed by atoms with Crippen LogP contribution in [-0.4, -0.2) is 29.7 Å². The van der Waals surface area contributed by atoms with Crippen LogP contribution in [-0.2, 0) is 30.6 Å². The minimum absolute atomic E-state index is 0.116. The Morgan fingerprint density at radius 2 is 1.87 bits per heavy atom. The quantitative estimate of drug-likeness (QED) is 0.617. The van der Waals surface area contributed by atoms with E-state index in [1.807, 2.05) is 18.2 Å². The summed E-state index contributed by atoms with van der Waals surface area (Å²) in [6, 6.07) is 14.3. The Morgan fingerprint density at radius 1 is 1.10 bits per heavy atom. The number of primary amides is 1. The van der Waals surface area contributed by atoms with Crippen LogP contribution >= 0.6 is 11.3 Å². The second-order valence-corrected chi connectivity index (χ2v) is 9.81. The second-order valence-electron chi connectivity index (χ2n) is 8.62. The van der Waals surface area contributed by atoms with Gasteiger partial charge in [0.2, 0.25) is 5.91 Å². The van der Waals surface area contributed by atoms with Gasteiger partial charge in [0, 0.05) is 42.2 Å². The van der Waals surface area contributed by atoms with E-state index >= 15 is 0 Å². The molecule has 4 rings (SSSR count). The maximum absolute atomic E-state index is 12.9. The summed E-state index contributed by atoms with van der Waals surface area (Å²) in [7, 11) is 0. The summed E-state index contributed by atoms with van der Waals surface area (Å²) in [6.07, 6.45) is 1.47. The number of carbonyl (C=O) groups excluding carboxylic acids is 2. The molecule has 1 amide bonds. The van der Waals surface area contributed by atoms with Gasteiger partial charge in [0.25, 0.3) is 0 Å². The molecule has 4 nitrogen and oxygen atoms in total. The number of benzene rings is 2. The molecule has 0 bridgehead atoms. The van der Waals surface area contributed by atoms with E-state index in [0.29, 0.717) is 17.9 Å². The minimum Gasteiger partial charge on any atom is -0.366 e. The number of nitrogens with zero attached hydrogens (tertiary/aromatic N) is 1. The molecule has 0 spiro atoms. The highest BCUT2D eigenvalue weighted by Crippen LogP contribution is 2.34. The topological polar surface area (TPSA) is 63.4 Å². The lowest BCUT2D eigenvalue weighted by atomic mass is 9.97. The van der Waals surface area contributed by atoms with Crippen LogP contribution in [0.25, 0.3) is 10.8 Å². The van der Waals surface area contributed by atoms with Crippen molar-refractivity contribution in [3.63, 3.8) is 0 Å². The zero-order valence-corrected chi connectivity index (χ0v) is 18.4. The van der Waals surface area contributed by atoms with Gasteiger partial charge < -0.3 is 5.73 Å². The van der Waals surface area contributed by atoms with Gasteiger partial charge in [0.1, 0.15) is 5.78 Å². The highest BCUT2D eigenvalue weighted by Gasteiger charge is 2.27. The standard InChI is InChI=1S/C25H28N2O2S/c1-16(2)14-27-10-9-21-23(15-27)30-22(24(21)25(26)29)13-20(28)12-17-7-8-18-5-3-4-6-19(18)11-17/h3-8,11,16H,9-10,12-15H2,1-2H3,(H2,26,29). The monoisotopic (exact) mass is 420 g/mol. The molecule has 1 aromatic heterocycles. The highest BCUT2D eigenvalue weighted by atomic mass is 32.1. The van der Waals surface area contributed by atoms with Crippen LogP contribution in [0.3, 0.4) is 0 Å². The molecule has 0 saturated heterocycles. The molecule has 0 fully saturated rings. The van der Waals surface area contributed by atoms with Crippen LogP contribution in [0.5, 0.6) is 0 Å². The van der Waals surface area contributed by atoms with Crippen LogP contribution in [0.4, 0.5) is 0 Å². The average molecular weight is 421 g/mol. The van der Waals surface area contributed by atoms with Crippen molar-refractivity contribution in [3.8, 4) is 0 Å². The van der Waals surface area contributed by atoms with Crippen LogP contribution in [0.2, 0.25) is 0 Å². The predicted octanol–water partition coefficient (Wildman–Crippen LogP) is 4.37. The van der Waals surface area contributed by atoms with Crippen molar-refractivity contribution in [2.24, 2.45) is 11.7 Å². The summed E-state index contributed by atoms with van der Waals surface area (Å²) in [5.41, 5.74) is 8.41. The zero-order valence-electron chi connectivity index (χ0n) is 17.6. The SMILES string of the molecule is CC(C)CN1CCc2c(sc(CC(=O)Cc3ccc4ccccc4c3)c2C(N)=O)C1. The van der Waals surface area contributed by atoms with Gasteiger partial charge in [-0.2, -0.15) is 0 Å². The van der Waals surface area contributed by atoms with E-state index in [0.717, 1.165) is 47.4 Å². The van der Waals surface area contributed by atoms with Gasteiger partial charge in [-0.3, -0.25) is 14.5 Å². The molecule has 2 heterocycles. The Bertz CT molecular complexity index is 1100. The van der Waals surface area contributed by atoms with Crippen LogP contribution < -0.4 is 5.73 Å². The first-order valence-electron chi connectivity index (χ1n) is 10.6. The molecule has 156 valence electrons. The fourth-order valence-corrected chi connectivity index (χ4v) is 5.84. The molecule has 0 atom stereocenters. The van der Waals surface area contributed by atoms with E-state index in [1.165, 1.54) is 10.3 Å². The Balaban J connectivity index is 1.52. The molecule has 3 aromatic rings. The largest absolute Gasteiger partial charge is 0.366 e. The third kappa shape index (κ3) is 4.47. The smallest absolute Gasteiger partial charge is 0.250 e. The van der Waals surface area contributed by atoms with Gasteiger partial charge in [-0.1, -0.05) is 56.3 Å². The van der Waals surface area contributed by atoms with Crippen LogP contribution in [0, 0.1) is 5.92 Å². The number of nitrogens with two attached hydrogens (primary N) is 1. The summed E-state index contributed by atoms with van der Waals surface area (Å²) < 4.78 is 0. The lowest BCUT2D eigenvalue weighted by Gasteiger charge is -2.28. The number of ketones is 1. The number of rotatable bonds is 7. The molecule has 0 radical (unpaired) electrons. The minimum atomic E-state index is -0.404. The lowest BCUT2D eigenvalue weighted by molar-refractivity contribution is -0.117. The van der Waals surface area contributed by atoms with Crippen molar-refractivity contribution in [1.29, 1.82) is 0 Å². The highest BCUT2D eigenvalue weighted by molar-refractivity contribution is 7.12. The van der Waals surface area contributed by atoms with E-state index in [2.05, 4.69) is 43.0 Å². The summed E-state index contributed by atoms with van der Waals surface area (Å²) in [5.74, 6) is 0.314. The molecule has 1 aliphatic heterocycles. The fourth-order valence-electron chi connectivity index (χ4n) is 4.41. The molecular weight excluding hydrogens is 392 g/mol. The number of Topliss-reactive ketones (excluding diaryl/α,β-unsaturated/α-hetero) is 1. The van der Waals surface area contributed by atoms with E-state index in [4.69, 9.17) is 5.73 Å². The van der Waals surface area contributed by atoms with E-state index in [9.17, 15) is 9.59 Å². The van der Waals surface area contributed by atoms with Gasteiger partial charge in [0.15, 0.2) is 0 Å². The van der Waals surface area contributed by atoms with Crippen molar-refractivity contribution in [2.75, 3.05) is 13.1 Å². The molecule has 0 aliphatic carbocycles. The van der Waals surface area contributed by atoms with Crippen LogP contribution in [0.1, 0.15) is 45.1 Å². The maximum atomic E-state index is 12.9. The van der Waals surface area contributed by atoms with Crippen molar-refractivity contribution in [1.82, 2.24) is 4.90 Å². The number of thiophene rings is 1. The fraction of sp³-hybridized carbons (Fsp3) is 0.360. The Kier molecular flexibility index (Phi) is 6.02. The molecule has 2 N–H and O–H groups in total. The van der Waals surface area contributed by atoms with Gasteiger partial charge in [-0.15, -0.1) is 11.3 Å². The Labute approximate surface area is 181 Å². The van der Waals surface area contributed by atoms with Crippen molar-refractivity contribution in [3.05, 3.63) is 68.9 Å². The first-order chi connectivity index (χ1) is 14.4. The third-order valence-electron chi connectivity index (χ3n) is 5.65. The molecule has 0 saturated carbocycles. The van der Waals surface area contributed by atoms with Crippen LogP contribution in [0.15, 0.2) is 42.5 Å². The predicted molar refractivity (Wildman–Crippen MR) is 123 cm³/mol. The first-order valence-corrected chi connectivity index (χ1v) is 11.4. The van der Waals surface area contributed by atoms with Gasteiger partial charge in [-0.05, 0) is 34.2 Å². The van der Waals surface area contributed by atoms with Crippen molar-refractivity contribution < 1.29 is 9.59 Å². The Morgan fingerprint density at radius 3 is 2.60 bits per heavy atom. The van der Waals surface area contributed by atoms with Crippen molar-refractivity contribution in [2.45, 2.75) is 39.7 Å². The molecular formula is C25H28N2O2S. The van der Waals surface area contributed by atoms with Gasteiger partial charge in [0.05, 0.1) is 5.56 Å². The summed E-state index contributed by atoms with van der Waals surface area (Å²) in [6.45, 7) is 7.26. The van der Waals surface area contributed by atoms with Gasteiger partial charge in [-0.25, -0.2) is 0 Å². The summed E-state index contributed by atoms with van der Waals surface area (Å²) in [5, 5.41) is 2.30. The second kappa shape index (κ2) is 8.70. The van der Waals surface area contributed by atoms with E-state index in [1.54, 1.807) is 11.3 Å². The van der Waals surface area contributed by atoms with Crippen molar-refractivity contribution >= 4 is 33.8 Å². The first kappa shape index (κ1) is 20.8. The number of amides is 1. The maximum Gasteiger partial charge on any atom is 0.250 e. The molecule has 30 heavy (non-hydrogen) atoms. The molecule has 1 aliphatic rings. The third-order valence-corrected chi connectivity index (χ3v) is 6.87. The zero-order chi connectivity index (χ0) is 21.3. The number of carbonyl (C=O) groups is 2. The lowest BCUT2D eigenvalue weighted by Crippen LogP contribution is -2.33. The molecule has 2 aromatic carbocycles. The average Bonchev–Trinajstić information content (AvgIpc) is 3.04. The number of hydrogen-bond acceptors (Lipinski definition) is 4. The number of hydrogen-bond donors (Lipinski definition) is 1. The Hall–Kier alpha value is -2.50. The van der Waals surface area contributed by atoms with Gasteiger partial charge >= 0.3 is 0 Å². The molecule has 5 heteroatoms. The summed E-state index contributed by atoms with van der Waals surface area (Å²) in [4.78, 5) is 29.5. The van der Waals surface area contributed by atoms with E-state index < -0.39 is 5.91 Å².